The average Bonchev–Trinajstić information content (AvgIpc) is 2.84. The number of carbonyl (C=O) groups is 4. The second-order valence-electron chi connectivity index (χ2n) is 7.72. The number of esters is 2. The van der Waals surface area contributed by atoms with E-state index in [2.05, 4.69) is 10.6 Å². The lowest BCUT2D eigenvalue weighted by Gasteiger charge is -2.13. The summed E-state index contributed by atoms with van der Waals surface area (Å²) in [4.78, 5) is 47.7. The highest BCUT2D eigenvalue weighted by molar-refractivity contribution is 5.95. The lowest BCUT2D eigenvalue weighted by Crippen LogP contribution is -2.23. The fraction of sp³-hybridized carbons (Fsp3) is 0.360. The number of amides is 2. The molecule has 0 aliphatic heterocycles. The number of alkyl halides is 3. The fourth-order valence-corrected chi connectivity index (χ4v) is 2.97. The number of hydrogen-bond donors (Lipinski definition) is 2. The van der Waals surface area contributed by atoms with Gasteiger partial charge in [-0.05, 0) is 42.8 Å². The van der Waals surface area contributed by atoms with Crippen LogP contribution in [0.3, 0.4) is 0 Å². The Morgan fingerprint density at radius 2 is 1.53 bits per heavy atom. The number of hydrogen-bond acceptors (Lipinski definition) is 6. The van der Waals surface area contributed by atoms with Crippen molar-refractivity contribution in [2.75, 3.05) is 23.8 Å². The predicted octanol–water partition coefficient (Wildman–Crippen LogP) is 4.95. The average molecular weight is 508 g/mol. The van der Waals surface area contributed by atoms with E-state index in [1.807, 2.05) is 6.92 Å². The molecule has 0 saturated carbocycles. The molecule has 0 spiro atoms. The second-order valence-corrected chi connectivity index (χ2v) is 7.72. The molecule has 194 valence electrons. The Hall–Kier alpha value is -3.89. The number of para-hydroxylation sites is 1. The molecule has 2 aromatic rings. The van der Waals surface area contributed by atoms with Crippen molar-refractivity contribution in [3.63, 3.8) is 0 Å². The Balaban J connectivity index is 1.72. The highest BCUT2D eigenvalue weighted by atomic mass is 19.4. The molecule has 0 aliphatic rings. The quantitative estimate of drug-likeness (QED) is 0.310. The maximum Gasteiger partial charge on any atom is 0.418 e. The van der Waals surface area contributed by atoms with Gasteiger partial charge in [0.15, 0.2) is 6.61 Å². The van der Waals surface area contributed by atoms with Crippen LogP contribution in [0.25, 0.3) is 0 Å². The first-order chi connectivity index (χ1) is 17.1. The van der Waals surface area contributed by atoms with Gasteiger partial charge in [0.1, 0.15) is 0 Å². The molecule has 0 radical (unpaired) electrons. The van der Waals surface area contributed by atoms with Crippen molar-refractivity contribution in [1.82, 2.24) is 0 Å². The molecule has 0 aromatic heterocycles. The van der Waals surface area contributed by atoms with E-state index in [1.54, 1.807) is 0 Å². The first-order valence-electron chi connectivity index (χ1n) is 11.3. The molecule has 0 unspecified atom stereocenters. The van der Waals surface area contributed by atoms with Crippen LogP contribution in [0.4, 0.5) is 24.5 Å². The van der Waals surface area contributed by atoms with Crippen LogP contribution in [-0.2, 0) is 30.0 Å². The summed E-state index contributed by atoms with van der Waals surface area (Å²) in [5.74, 6) is -2.79. The summed E-state index contributed by atoms with van der Waals surface area (Å²) in [6.45, 7) is 1.58. The van der Waals surface area contributed by atoms with E-state index in [-0.39, 0.29) is 12.8 Å². The number of carbonyl (C=O) groups excluding carboxylic acids is 4. The number of ether oxygens (including phenoxy) is 2. The van der Waals surface area contributed by atoms with Crippen LogP contribution in [0, 0.1) is 0 Å². The molecule has 0 atom stereocenters. The van der Waals surface area contributed by atoms with Gasteiger partial charge in [-0.1, -0.05) is 31.9 Å². The first-order valence-corrected chi connectivity index (χ1v) is 11.3. The lowest BCUT2D eigenvalue weighted by molar-refractivity contribution is -0.148. The van der Waals surface area contributed by atoms with E-state index in [0.717, 1.165) is 31.4 Å². The van der Waals surface area contributed by atoms with Crippen LogP contribution < -0.4 is 10.6 Å². The summed E-state index contributed by atoms with van der Waals surface area (Å²) in [5, 5.41) is 4.61. The van der Waals surface area contributed by atoms with Gasteiger partial charge in [-0.15, -0.1) is 0 Å². The van der Waals surface area contributed by atoms with Gasteiger partial charge in [0.25, 0.3) is 5.91 Å². The van der Waals surface area contributed by atoms with Crippen molar-refractivity contribution in [2.24, 2.45) is 0 Å². The van der Waals surface area contributed by atoms with Crippen LogP contribution in [0.2, 0.25) is 0 Å². The molecule has 0 fully saturated rings. The Morgan fingerprint density at radius 1 is 0.833 bits per heavy atom. The van der Waals surface area contributed by atoms with E-state index in [9.17, 15) is 32.3 Å². The zero-order valence-corrected chi connectivity index (χ0v) is 19.7. The minimum atomic E-state index is -4.66. The van der Waals surface area contributed by atoms with Crippen LogP contribution in [0.5, 0.6) is 0 Å². The van der Waals surface area contributed by atoms with Gasteiger partial charge in [0, 0.05) is 12.1 Å². The van der Waals surface area contributed by atoms with Gasteiger partial charge < -0.3 is 20.1 Å². The number of rotatable bonds is 12. The molecule has 36 heavy (non-hydrogen) atoms. The monoisotopic (exact) mass is 508 g/mol. The minimum Gasteiger partial charge on any atom is -0.462 e. The maximum absolute atomic E-state index is 13.0. The van der Waals surface area contributed by atoms with Gasteiger partial charge in [-0.2, -0.15) is 13.2 Å². The summed E-state index contributed by atoms with van der Waals surface area (Å²) >= 11 is 0. The van der Waals surface area contributed by atoms with Crippen LogP contribution in [-0.4, -0.2) is 37.0 Å². The predicted molar refractivity (Wildman–Crippen MR) is 125 cm³/mol. The molecule has 2 rings (SSSR count). The smallest absolute Gasteiger partial charge is 0.418 e. The number of halogens is 3. The third kappa shape index (κ3) is 9.77. The van der Waals surface area contributed by atoms with E-state index in [1.165, 1.54) is 36.4 Å². The molecule has 2 amide bonds. The fourth-order valence-electron chi connectivity index (χ4n) is 2.97. The molecular weight excluding hydrogens is 481 g/mol. The van der Waals surface area contributed by atoms with Gasteiger partial charge in [-0.3, -0.25) is 14.4 Å². The molecule has 8 nitrogen and oxygen atoms in total. The maximum atomic E-state index is 13.0. The highest BCUT2D eigenvalue weighted by Gasteiger charge is 2.33. The summed E-state index contributed by atoms with van der Waals surface area (Å²) in [5.41, 5.74) is -0.748. The SMILES string of the molecule is CCCCCOC(=O)c1ccc(NC(=O)CCC(=O)OCC(=O)Nc2ccccc2C(F)(F)F)cc1. The van der Waals surface area contributed by atoms with Crippen molar-refractivity contribution in [3.8, 4) is 0 Å². The van der Waals surface area contributed by atoms with Crippen molar-refractivity contribution >= 4 is 35.1 Å². The number of unbranched alkanes of at least 4 members (excludes halogenated alkanes) is 2. The summed E-state index contributed by atoms with van der Waals surface area (Å²) < 4.78 is 48.8. The van der Waals surface area contributed by atoms with Crippen molar-refractivity contribution in [1.29, 1.82) is 0 Å². The Kier molecular flexibility index (Phi) is 10.9. The molecule has 0 saturated heterocycles. The van der Waals surface area contributed by atoms with Gasteiger partial charge in [-0.25, -0.2) is 4.79 Å². The molecule has 0 aliphatic carbocycles. The van der Waals surface area contributed by atoms with Crippen molar-refractivity contribution < 1.29 is 41.8 Å². The van der Waals surface area contributed by atoms with Crippen LogP contribution in [0.15, 0.2) is 48.5 Å². The molecule has 11 heteroatoms. The number of nitrogens with one attached hydrogen (secondary N) is 2. The minimum absolute atomic E-state index is 0.251. The van der Waals surface area contributed by atoms with Crippen molar-refractivity contribution in [2.45, 2.75) is 45.2 Å². The van der Waals surface area contributed by atoms with Gasteiger partial charge in [0.2, 0.25) is 5.91 Å². The molecular formula is C25H27F3N2O6. The standard InChI is InChI=1S/C25H27F3N2O6/c1-2-3-6-15-35-24(34)17-9-11-18(12-10-17)29-21(31)13-14-23(33)36-16-22(32)30-20-8-5-4-7-19(20)25(26,27)28/h4-5,7-12H,2-3,6,13-16H2,1H3,(H,29,31)(H,30,32). The Labute approximate surface area is 206 Å². The first kappa shape index (κ1) is 28.3. The second kappa shape index (κ2) is 13.9. The molecule has 2 N–H and O–H groups in total. The summed E-state index contributed by atoms with van der Waals surface area (Å²) in [7, 11) is 0. The highest BCUT2D eigenvalue weighted by Crippen LogP contribution is 2.34. The summed E-state index contributed by atoms with van der Waals surface area (Å²) in [6, 6.07) is 10.4. The van der Waals surface area contributed by atoms with Crippen molar-refractivity contribution in [3.05, 3.63) is 59.7 Å². The zero-order chi connectivity index (χ0) is 26.6. The largest absolute Gasteiger partial charge is 0.462 e. The molecule has 0 bridgehead atoms. The van der Waals surface area contributed by atoms with Crippen LogP contribution >= 0.6 is 0 Å². The molecule has 0 heterocycles. The number of anilines is 2. The Morgan fingerprint density at radius 3 is 2.19 bits per heavy atom. The van der Waals surface area contributed by atoms with Gasteiger partial charge >= 0.3 is 18.1 Å². The summed E-state index contributed by atoms with van der Waals surface area (Å²) in [6.07, 6.45) is -2.49. The topological polar surface area (TPSA) is 111 Å². The van der Waals surface area contributed by atoms with E-state index in [4.69, 9.17) is 9.47 Å². The number of benzene rings is 2. The lowest BCUT2D eigenvalue weighted by atomic mass is 10.1. The van der Waals surface area contributed by atoms with E-state index >= 15 is 0 Å². The van der Waals surface area contributed by atoms with Crippen LogP contribution in [0.1, 0.15) is 54.9 Å². The third-order valence-corrected chi connectivity index (χ3v) is 4.81. The normalized spacial score (nSPS) is 10.9. The third-order valence-electron chi connectivity index (χ3n) is 4.81. The van der Waals surface area contributed by atoms with E-state index < -0.39 is 47.8 Å². The van der Waals surface area contributed by atoms with Gasteiger partial charge in [0.05, 0.1) is 29.8 Å². The molecule has 2 aromatic carbocycles. The Bertz CT molecular complexity index is 1050. The zero-order valence-electron chi connectivity index (χ0n) is 19.7. The van der Waals surface area contributed by atoms with E-state index in [0.29, 0.717) is 17.9 Å².